The standard InChI is InChI=1S/C23H31N5O4S/c1-4-11-24-22(29)25-18-7-5-17(6-8-18)21-26-19(23(9-10-23)33(3,30)31)14-20(27-21)28-12-13-32-15-16(28)2/h5-8,14,16H,4,9-13,15H2,1-3H3,(H2,24,25,29)/t16-/m0/s1. The van der Waals surface area contributed by atoms with Crippen molar-refractivity contribution in [3.8, 4) is 11.4 Å². The summed E-state index contributed by atoms with van der Waals surface area (Å²) in [7, 11) is -3.32. The van der Waals surface area contributed by atoms with Gasteiger partial charge in [0.1, 0.15) is 10.6 Å². The second-order valence-electron chi connectivity index (χ2n) is 8.78. The molecule has 0 bridgehead atoms. The molecule has 1 atom stereocenters. The van der Waals surface area contributed by atoms with Crippen molar-refractivity contribution in [3.05, 3.63) is 36.0 Å². The normalized spacial score (nSPS) is 19.7. The summed E-state index contributed by atoms with van der Waals surface area (Å²) >= 11 is 0. The lowest BCUT2D eigenvalue weighted by atomic mass is 10.1. The van der Waals surface area contributed by atoms with Gasteiger partial charge in [-0.2, -0.15) is 0 Å². The van der Waals surface area contributed by atoms with Gasteiger partial charge in [-0.25, -0.2) is 23.2 Å². The number of urea groups is 1. The number of benzene rings is 1. The highest BCUT2D eigenvalue weighted by Gasteiger charge is 2.55. The average molecular weight is 474 g/mol. The molecule has 1 aliphatic carbocycles. The quantitative estimate of drug-likeness (QED) is 0.636. The van der Waals surface area contributed by atoms with Crippen LogP contribution in [0.1, 0.15) is 38.8 Å². The first kappa shape index (κ1) is 23.4. The number of hydrogen-bond acceptors (Lipinski definition) is 7. The number of aromatic nitrogens is 2. The molecule has 0 spiro atoms. The molecule has 1 saturated carbocycles. The molecule has 33 heavy (non-hydrogen) atoms. The average Bonchev–Trinajstić information content (AvgIpc) is 3.61. The van der Waals surface area contributed by atoms with E-state index < -0.39 is 14.6 Å². The fraction of sp³-hybridized carbons (Fsp3) is 0.522. The van der Waals surface area contributed by atoms with Crippen molar-refractivity contribution in [2.45, 2.75) is 43.9 Å². The summed E-state index contributed by atoms with van der Waals surface area (Å²) in [6.07, 6.45) is 3.27. The molecule has 2 N–H and O–H groups in total. The van der Waals surface area contributed by atoms with Crippen molar-refractivity contribution in [1.29, 1.82) is 0 Å². The Kier molecular flexibility index (Phi) is 6.58. The second-order valence-corrected chi connectivity index (χ2v) is 11.1. The summed E-state index contributed by atoms with van der Waals surface area (Å²) in [6.45, 7) is 6.52. The Morgan fingerprint density at radius 3 is 2.58 bits per heavy atom. The SMILES string of the molecule is CCCNC(=O)Nc1ccc(-c2nc(N3CCOC[C@@H]3C)cc(C3(S(C)(=O)=O)CC3)n2)cc1. The number of rotatable bonds is 7. The van der Waals surface area contributed by atoms with Gasteiger partial charge in [0, 0.05) is 36.7 Å². The van der Waals surface area contributed by atoms with E-state index in [0.717, 1.165) is 12.0 Å². The molecule has 0 radical (unpaired) electrons. The lowest BCUT2D eigenvalue weighted by molar-refractivity contribution is 0.0985. The van der Waals surface area contributed by atoms with Gasteiger partial charge in [-0.3, -0.25) is 0 Å². The van der Waals surface area contributed by atoms with E-state index in [1.807, 2.05) is 25.1 Å². The maximum absolute atomic E-state index is 12.6. The first-order valence-electron chi connectivity index (χ1n) is 11.3. The highest BCUT2D eigenvalue weighted by atomic mass is 32.2. The van der Waals surface area contributed by atoms with Crippen LogP contribution in [0.5, 0.6) is 0 Å². The number of nitrogens with zero attached hydrogens (tertiary/aromatic N) is 3. The van der Waals surface area contributed by atoms with E-state index in [0.29, 0.717) is 62.2 Å². The highest BCUT2D eigenvalue weighted by molar-refractivity contribution is 7.91. The van der Waals surface area contributed by atoms with Crippen LogP contribution < -0.4 is 15.5 Å². The maximum atomic E-state index is 12.6. The zero-order chi connectivity index (χ0) is 23.6. The number of carbonyl (C=O) groups is 1. The lowest BCUT2D eigenvalue weighted by Gasteiger charge is -2.34. The number of hydrogen-bond donors (Lipinski definition) is 2. The fourth-order valence-corrected chi connectivity index (χ4v) is 5.39. The van der Waals surface area contributed by atoms with Gasteiger partial charge >= 0.3 is 6.03 Å². The molecular weight excluding hydrogens is 442 g/mol. The fourth-order valence-electron chi connectivity index (χ4n) is 4.06. The first-order valence-corrected chi connectivity index (χ1v) is 13.2. The molecule has 0 unspecified atom stereocenters. The van der Waals surface area contributed by atoms with Gasteiger partial charge in [-0.1, -0.05) is 6.92 Å². The molecule has 2 aromatic rings. The third-order valence-corrected chi connectivity index (χ3v) is 8.23. The Bertz CT molecular complexity index is 1120. The molecule has 2 fully saturated rings. The molecule has 178 valence electrons. The Morgan fingerprint density at radius 1 is 1.24 bits per heavy atom. The molecule has 9 nitrogen and oxygen atoms in total. The maximum Gasteiger partial charge on any atom is 0.319 e. The van der Waals surface area contributed by atoms with E-state index in [4.69, 9.17) is 14.7 Å². The van der Waals surface area contributed by atoms with Gasteiger partial charge < -0.3 is 20.3 Å². The summed E-state index contributed by atoms with van der Waals surface area (Å²) < 4.78 is 29.8. The largest absolute Gasteiger partial charge is 0.377 e. The van der Waals surface area contributed by atoms with Crippen molar-refractivity contribution >= 4 is 27.4 Å². The molecule has 1 saturated heterocycles. The Balaban J connectivity index is 1.68. The van der Waals surface area contributed by atoms with Crippen molar-refractivity contribution in [3.63, 3.8) is 0 Å². The number of amides is 2. The predicted molar refractivity (Wildman–Crippen MR) is 128 cm³/mol. The van der Waals surface area contributed by atoms with E-state index in [9.17, 15) is 13.2 Å². The smallest absolute Gasteiger partial charge is 0.319 e. The van der Waals surface area contributed by atoms with Crippen molar-refractivity contribution < 1.29 is 17.9 Å². The molecule has 4 rings (SSSR count). The highest BCUT2D eigenvalue weighted by Crippen LogP contribution is 2.52. The first-order chi connectivity index (χ1) is 15.7. The number of sulfone groups is 1. The zero-order valence-corrected chi connectivity index (χ0v) is 20.1. The van der Waals surface area contributed by atoms with Gasteiger partial charge in [-0.05, 0) is 50.5 Å². The van der Waals surface area contributed by atoms with Gasteiger partial charge in [0.15, 0.2) is 15.7 Å². The van der Waals surface area contributed by atoms with E-state index in [1.165, 1.54) is 6.26 Å². The van der Waals surface area contributed by atoms with Crippen molar-refractivity contribution in [1.82, 2.24) is 15.3 Å². The number of anilines is 2. The molecule has 10 heteroatoms. The lowest BCUT2D eigenvalue weighted by Crippen LogP contribution is -2.44. The number of nitrogens with one attached hydrogen (secondary N) is 2. The summed E-state index contributed by atoms with van der Waals surface area (Å²) in [5.74, 6) is 1.18. The third kappa shape index (κ3) is 4.96. The van der Waals surface area contributed by atoms with E-state index >= 15 is 0 Å². The van der Waals surface area contributed by atoms with Crippen LogP contribution >= 0.6 is 0 Å². The van der Waals surface area contributed by atoms with Crippen LogP contribution in [0.2, 0.25) is 0 Å². The van der Waals surface area contributed by atoms with E-state index in [1.54, 1.807) is 12.1 Å². The summed E-state index contributed by atoms with van der Waals surface area (Å²) in [5, 5.41) is 5.57. The van der Waals surface area contributed by atoms with Crippen LogP contribution in [0.4, 0.5) is 16.3 Å². The van der Waals surface area contributed by atoms with Crippen LogP contribution in [0.25, 0.3) is 11.4 Å². The molecule has 1 aromatic carbocycles. The summed E-state index contributed by atoms with van der Waals surface area (Å²) in [6, 6.07) is 8.94. The van der Waals surface area contributed by atoms with Gasteiger partial charge in [-0.15, -0.1) is 0 Å². The van der Waals surface area contributed by atoms with Gasteiger partial charge in [0.25, 0.3) is 0 Å². The van der Waals surface area contributed by atoms with E-state index in [-0.39, 0.29) is 12.1 Å². The Hall–Kier alpha value is -2.72. The minimum atomic E-state index is -3.32. The molecule has 1 aliphatic heterocycles. The van der Waals surface area contributed by atoms with Gasteiger partial charge in [0.2, 0.25) is 0 Å². The van der Waals surface area contributed by atoms with Crippen LogP contribution in [-0.4, -0.2) is 63.0 Å². The molecular formula is C23H31N5O4S. The van der Waals surface area contributed by atoms with Crippen molar-refractivity contribution in [2.24, 2.45) is 0 Å². The predicted octanol–water partition coefficient (Wildman–Crippen LogP) is 2.93. The van der Waals surface area contributed by atoms with Crippen LogP contribution in [0, 0.1) is 0 Å². The second kappa shape index (κ2) is 9.26. The Morgan fingerprint density at radius 2 is 1.97 bits per heavy atom. The summed E-state index contributed by atoms with van der Waals surface area (Å²) in [5.41, 5.74) is 1.95. The molecule has 2 amide bonds. The minimum absolute atomic E-state index is 0.121. The zero-order valence-electron chi connectivity index (χ0n) is 19.3. The topological polar surface area (TPSA) is 114 Å². The summed E-state index contributed by atoms with van der Waals surface area (Å²) in [4.78, 5) is 23.6. The Labute approximate surface area is 194 Å². The number of ether oxygens (including phenoxy) is 1. The minimum Gasteiger partial charge on any atom is -0.377 e. The van der Waals surface area contributed by atoms with Crippen molar-refractivity contribution in [2.75, 3.05) is 42.8 Å². The molecule has 2 heterocycles. The third-order valence-electron chi connectivity index (χ3n) is 6.19. The van der Waals surface area contributed by atoms with Gasteiger partial charge in [0.05, 0.1) is 24.9 Å². The van der Waals surface area contributed by atoms with Crippen LogP contribution in [0.15, 0.2) is 30.3 Å². The number of morpholine rings is 1. The van der Waals surface area contributed by atoms with Crippen LogP contribution in [0.3, 0.4) is 0 Å². The van der Waals surface area contributed by atoms with Crippen LogP contribution in [-0.2, 0) is 19.3 Å². The monoisotopic (exact) mass is 473 g/mol. The van der Waals surface area contributed by atoms with E-state index in [2.05, 4.69) is 22.5 Å². The number of carbonyl (C=O) groups excluding carboxylic acids is 1. The molecule has 1 aromatic heterocycles. The molecule has 2 aliphatic rings.